The molecule has 0 radical (unpaired) electrons. The first kappa shape index (κ1) is 23.2. The van der Waals surface area contributed by atoms with Crippen molar-refractivity contribution in [3.8, 4) is 0 Å². The zero-order valence-electron chi connectivity index (χ0n) is 17.1. The first-order valence-electron chi connectivity index (χ1n) is 10.3. The van der Waals surface area contributed by atoms with Crippen molar-refractivity contribution in [2.75, 3.05) is 13.1 Å². The number of hydrogen-bond donors (Lipinski definition) is 2. The number of sulfonamides is 1. The van der Waals surface area contributed by atoms with Crippen LogP contribution < -0.4 is 10.6 Å². The number of rotatable bonds is 7. The molecule has 0 unspecified atom stereocenters. The molecule has 0 aromatic heterocycles. The second kappa shape index (κ2) is 10.7. The van der Waals surface area contributed by atoms with E-state index in [4.69, 9.17) is 11.6 Å². The lowest BCUT2D eigenvalue weighted by molar-refractivity contribution is -0.139. The number of carbonyl (C=O) groups excluding carboxylic acids is 2. The summed E-state index contributed by atoms with van der Waals surface area (Å²) in [4.78, 5) is 24.4. The number of piperidine rings is 1. The molecule has 1 saturated heterocycles. The fraction of sp³-hybridized carbons (Fsp3) is 0.364. The molecule has 1 heterocycles. The Morgan fingerprint density at radius 1 is 0.968 bits per heavy atom. The maximum Gasteiger partial charge on any atom is 0.309 e. The number of halogens is 1. The van der Waals surface area contributed by atoms with E-state index in [2.05, 4.69) is 10.6 Å². The van der Waals surface area contributed by atoms with Crippen molar-refractivity contribution in [1.82, 2.24) is 14.9 Å². The fourth-order valence-electron chi connectivity index (χ4n) is 3.64. The molecule has 2 aromatic carbocycles. The zero-order chi connectivity index (χ0) is 22.3. The van der Waals surface area contributed by atoms with E-state index in [-0.39, 0.29) is 24.0 Å². The van der Waals surface area contributed by atoms with Crippen molar-refractivity contribution in [2.24, 2.45) is 0 Å². The Balaban J connectivity index is 1.51. The molecule has 0 aliphatic carbocycles. The molecule has 31 heavy (non-hydrogen) atoms. The summed E-state index contributed by atoms with van der Waals surface area (Å²) >= 11 is 6.05. The second-order valence-electron chi connectivity index (χ2n) is 7.40. The standard InChI is InChI=1S/C22H26ClN3O4S/c23-20-12-5-4-8-17(20)16-25-22(28)21(27)24-14-13-18-9-6-7-15-26(18)31(29,30)19-10-2-1-3-11-19/h1-5,8,10-12,18H,6-7,9,13-16H2,(H,24,27)(H,25,28)/t18-/m1/s1. The molecule has 7 nitrogen and oxygen atoms in total. The Bertz CT molecular complexity index is 1010. The largest absolute Gasteiger partial charge is 0.348 e. The van der Waals surface area contributed by atoms with Crippen LogP contribution in [0.5, 0.6) is 0 Å². The summed E-state index contributed by atoms with van der Waals surface area (Å²) in [6.07, 6.45) is 2.90. The third-order valence-corrected chi connectivity index (χ3v) is 7.62. The van der Waals surface area contributed by atoms with E-state index < -0.39 is 21.8 Å². The smallest absolute Gasteiger partial charge is 0.309 e. The van der Waals surface area contributed by atoms with Crippen LogP contribution in [0.4, 0.5) is 0 Å². The van der Waals surface area contributed by atoms with Gasteiger partial charge in [-0.25, -0.2) is 8.42 Å². The lowest BCUT2D eigenvalue weighted by Gasteiger charge is -2.34. The van der Waals surface area contributed by atoms with Gasteiger partial charge in [0, 0.05) is 30.7 Å². The van der Waals surface area contributed by atoms with E-state index in [1.165, 1.54) is 4.31 Å². The van der Waals surface area contributed by atoms with Crippen molar-refractivity contribution >= 4 is 33.4 Å². The highest BCUT2D eigenvalue weighted by Crippen LogP contribution is 2.26. The summed E-state index contributed by atoms with van der Waals surface area (Å²) in [6.45, 7) is 0.815. The van der Waals surface area contributed by atoms with Gasteiger partial charge in [0.15, 0.2) is 0 Å². The number of carbonyl (C=O) groups is 2. The van der Waals surface area contributed by atoms with Gasteiger partial charge in [-0.1, -0.05) is 54.4 Å². The highest BCUT2D eigenvalue weighted by molar-refractivity contribution is 7.89. The monoisotopic (exact) mass is 463 g/mol. The minimum Gasteiger partial charge on any atom is -0.348 e. The van der Waals surface area contributed by atoms with Gasteiger partial charge < -0.3 is 10.6 Å². The molecule has 0 saturated carbocycles. The molecule has 9 heteroatoms. The molecule has 2 aromatic rings. The highest BCUT2D eigenvalue weighted by Gasteiger charge is 2.33. The van der Waals surface area contributed by atoms with Crippen molar-refractivity contribution < 1.29 is 18.0 Å². The maximum atomic E-state index is 13.0. The molecular weight excluding hydrogens is 438 g/mol. The number of nitrogens with one attached hydrogen (secondary N) is 2. The number of nitrogens with zero attached hydrogens (tertiary/aromatic N) is 1. The van der Waals surface area contributed by atoms with Crippen molar-refractivity contribution in [3.05, 3.63) is 65.2 Å². The average molecular weight is 464 g/mol. The van der Waals surface area contributed by atoms with Gasteiger partial charge in [-0.3, -0.25) is 9.59 Å². The summed E-state index contributed by atoms with van der Waals surface area (Å²) in [5.74, 6) is -1.50. The Hall–Kier alpha value is -2.42. The zero-order valence-corrected chi connectivity index (χ0v) is 18.7. The summed E-state index contributed by atoms with van der Waals surface area (Å²) < 4.78 is 27.6. The molecule has 1 aliphatic rings. The van der Waals surface area contributed by atoms with Gasteiger partial charge in [0.2, 0.25) is 10.0 Å². The van der Waals surface area contributed by atoms with Gasteiger partial charge in [-0.05, 0) is 43.0 Å². The van der Waals surface area contributed by atoms with Crippen LogP contribution in [0.2, 0.25) is 5.02 Å². The van der Waals surface area contributed by atoms with Gasteiger partial charge in [0.05, 0.1) is 4.90 Å². The SMILES string of the molecule is O=C(NCC[C@H]1CCCCN1S(=O)(=O)c1ccccc1)C(=O)NCc1ccccc1Cl. The molecule has 0 spiro atoms. The van der Waals surface area contributed by atoms with Crippen LogP contribution in [0, 0.1) is 0 Å². The Morgan fingerprint density at radius 3 is 2.39 bits per heavy atom. The van der Waals surface area contributed by atoms with Gasteiger partial charge >= 0.3 is 11.8 Å². The van der Waals surface area contributed by atoms with Crippen LogP contribution in [0.25, 0.3) is 0 Å². The lowest BCUT2D eigenvalue weighted by atomic mass is 10.0. The Morgan fingerprint density at radius 2 is 1.65 bits per heavy atom. The van der Waals surface area contributed by atoms with Crippen LogP contribution in [-0.2, 0) is 26.2 Å². The summed E-state index contributed by atoms with van der Waals surface area (Å²) in [6, 6.07) is 15.2. The van der Waals surface area contributed by atoms with Crippen LogP contribution in [0.1, 0.15) is 31.2 Å². The van der Waals surface area contributed by atoms with Crippen molar-refractivity contribution in [2.45, 2.75) is 43.2 Å². The number of amides is 2. The van der Waals surface area contributed by atoms with Crippen LogP contribution in [-0.4, -0.2) is 43.7 Å². The van der Waals surface area contributed by atoms with Gasteiger partial charge in [0.1, 0.15) is 0 Å². The first-order chi connectivity index (χ1) is 14.9. The van der Waals surface area contributed by atoms with E-state index in [1.807, 2.05) is 0 Å². The topological polar surface area (TPSA) is 95.6 Å². The molecule has 1 atom stereocenters. The number of hydrogen-bond acceptors (Lipinski definition) is 4. The third-order valence-electron chi connectivity index (χ3n) is 5.29. The van der Waals surface area contributed by atoms with E-state index in [9.17, 15) is 18.0 Å². The lowest BCUT2D eigenvalue weighted by Crippen LogP contribution is -2.46. The van der Waals surface area contributed by atoms with Crippen molar-refractivity contribution in [1.29, 1.82) is 0 Å². The molecule has 166 valence electrons. The Labute approximate surface area is 187 Å². The number of benzene rings is 2. The molecule has 2 amide bonds. The molecule has 2 N–H and O–H groups in total. The van der Waals surface area contributed by atoms with Crippen LogP contribution in [0.3, 0.4) is 0 Å². The normalized spacial score (nSPS) is 17.1. The van der Waals surface area contributed by atoms with Crippen LogP contribution in [0.15, 0.2) is 59.5 Å². The van der Waals surface area contributed by atoms with Gasteiger partial charge in [-0.2, -0.15) is 4.31 Å². The van der Waals surface area contributed by atoms with E-state index in [0.29, 0.717) is 23.6 Å². The highest BCUT2D eigenvalue weighted by atomic mass is 35.5. The van der Waals surface area contributed by atoms with E-state index in [1.54, 1.807) is 54.6 Å². The minimum absolute atomic E-state index is 0.150. The van der Waals surface area contributed by atoms with E-state index in [0.717, 1.165) is 19.3 Å². The first-order valence-corrected chi connectivity index (χ1v) is 12.1. The fourth-order valence-corrected chi connectivity index (χ4v) is 5.58. The molecule has 3 rings (SSSR count). The summed E-state index contributed by atoms with van der Waals surface area (Å²) in [7, 11) is -3.59. The molecule has 0 bridgehead atoms. The van der Waals surface area contributed by atoms with Gasteiger partial charge in [0.25, 0.3) is 0 Å². The quantitative estimate of drug-likeness (QED) is 0.617. The molecule has 1 fully saturated rings. The van der Waals surface area contributed by atoms with Crippen LogP contribution >= 0.6 is 11.6 Å². The third kappa shape index (κ3) is 6.06. The maximum absolute atomic E-state index is 13.0. The predicted octanol–water partition coefficient (Wildman–Crippen LogP) is 2.71. The van der Waals surface area contributed by atoms with Gasteiger partial charge in [-0.15, -0.1) is 0 Å². The minimum atomic E-state index is -3.59. The van der Waals surface area contributed by atoms with Crippen molar-refractivity contribution in [3.63, 3.8) is 0 Å². The predicted molar refractivity (Wildman–Crippen MR) is 119 cm³/mol. The molecular formula is C22H26ClN3O4S. The summed E-state index contributed by atoms with van der Waals surface area (Å²) in [5, 5.41) is 5.64. The summed E-state index contributed by atoms with van der Waals surface area (Å²) in [5.41, 5.74) is 0.717. The average Bonchev–Trinajstić information content (AvgIpc) is 2.79. The second-order valence-corrected chi connectivity index (χ2v) is 9.69. The molecule has 1 aliphatic heterocycles. The Kier molecular flexibility index (Phi) is 8.06. The van der Waals surface area contributed by atoms with E-state index >= 15 is 0 Å².